The number of thiophene rings is 1. The fourth-order valence-corrected chi connectivity index (χ4v) is 4.31. The van der Waals surface area contributed by atoms with Gasteiger partial charge in [0.15, 0.2) is 0 Å². The van der Waals surface area contributed by atoms with Crippen LogP contribution in [0, 0.1) is 11.6 Å². The monoisotopic (exact) mass is 463 g/mol. The zero-order valence-corrected chi connectivity index (χ0v) is 17.1. The molecule has 2 aromatic carbocycles. The molecule has 0 bridgehead atoms. The maximum absolute atomic E-state index is 13.8. The van der Waals surface area contributed by atoms with E-state index in [1.807, 2.05) is 0 Å². The molecule has 0 radical (unpaired) electrons. The van der Waals surface area contributed by atoms with Crippen LogP contribution in [0.15, 0.2) is 41.8 Å². The number of benzene rings is 2. The number of rotatable bonds is 5. The quantitative estimate of drug-likeness (QED) is 0.555. The minimum Gasteiger partial charge on any atom is -0.489 e. The second-order valence-corrected chi connectivity index (χ2v) is 7.87. The minimum atomic E-state index is -1.27. The molecule has 158 valence electrons. The number of carbonyl (C=O) groups excluding carboxylic acids is 2. The Labute approximate surface area is 183 Å². The van der Waals surface area contributed by atoms with Crippen molar-refractivity contribution in [3.05, 3.63) is 80.0 Å². The average molecular weight is 464 g/mol. The van der Waals surface area contributed by atoms with Gasteiger partial charge in [-0.05, 0) is 35.2 Å². The van der Waals surface area contributed by atoms with E-state index in [2.05, 4.69) is 0 Å². The summed E-state index contributed by atoms with van der Waals surface area (Å²) in [6.07, 6.45) is -0.174. The van der Waals surface area contributed by atoms with Crippen LogP contribution in [0.2, 0.25) is 5.02 Å². The largest absolute Gasteiger partial charge is 0.489 e. The van der Waals surface area contributed by atoms with E-state index >= 15 is 0 Å². The normalized spacial score (nSPS) is 13.3. The summed E-state index contributed by atoms with van der Waals surface area (Å²) in [4.78, 5) is 37.7. The summed E-state index contributed by atoms with van der Waals surface area (Å²) in [7, 11) is 0. The van der Waals surface area contributed by atoms with Gasteiger partial charge in [0.05, 0.1) is 28.3 Å². The van der Waals surface area contributed by atoms with Gasteiger partial charge in [-0.15, -0.1) is 11.3 Å². The van der Waals surface area contributed by atoms with Crippen molar-refractivity contribution < 1.29 is 33.0 Å². The van der Waals surface area contributed by atoms with Gasteiger partial charge in [0.2, 0.25) is 5.91 Å². The number of hydrogen-bond donors (Lipinski definition) is 1. The van der Waals surface area contributed by atoms with Gasteiger partial charge >= 0.3 is 5.97 Å². The molecule has 2 heterocycles. The topological polar surface area (TPSA) is 83.9 Å². The van der Waals surface area contributed by atoms with E-state index < -0.39 is 36.0 Å². The summed E-state index contributed by atoms with van der Waals surface area (Å²) in [5, 5.41) is 10.9. The molecule has 0 saturated carbocycles. The number of hydrogen-bond acceptors (Lipinski definition) is 5. The Morgan fingerprint density at radius 1 is 1.19 bits per heavy atom. The Hall–Kier alpha value is -3.30. The molecule has 0 atom stereocenters. The van der Waals surface area contributed by atoms with Crippen LogP contribution in [0.3, 0.4) is 0 Å². The molecule has 0 spiro atoms. The zero-order chi connectivity index (χ0) is 22.3. The van der Waals surface area contributed by atoms with Crippen molar-refractivity contribution in [2.75, 3.05) is 4.90 Å². The van der Waals surface area contributed by atoms with Crippen LogP contribution < -0.4 is 9.64 Å². The smallest absolute Gasteiger partial charge is 0.346 e. The number of fused-ring (bicyclic) bond motifs is 1. The van der Waals surface area contributed by atoms with Crippen LogP contribution in [-0.2, 0) is 17.8 Å². The van der Waals surface area contributed by atoms with E-state index in [0.717, 1.165) is 28.4 Å². The first-order valence-electron chi connectivity index (χ1n) is 8.84. The predicted molar refractivity (Wildman–Crippen MR) is 109 cm³/mol. The van der Waals surface area contributed by atoms with E-state index in [-0.39, 0.29) is 38.9 Å². The molecule has 0 aliphatic carbocycles. The molecule has 0 fully saturated rings. The van der Waals surface area contributed by atoms with Crippen LogP contribution in [0.25, 0.3) is 0 Å². The molecule has 0 unspecified atom stereocenters. The molecule has 3 aromatic rings. The average Bonchev–Trinajstić information content (AvgIpc) is 3.14. The molecule has 6 nitrogen and oxygen atoms in total. The fourth-order valence-electron chi connectivity index (χ4n) is 3.21. The Balaban J connectivity index is 1.67. The summed E-state index contributed by atoms with van der Waals surface area (Å²) < 4.78 is 33.1. The second-order valence-electron chi connectivity index (χ2n) is 6.58. The van der Waals surface area contributed by atoms with Gasteiger partial charge in [-0.3, -0.25) is 9.59 Å². The Kier molecular flexibility index (Phi) is 5.47. The highest BCUT2D eigenvalue weighted by Gasteiger charge is 2.37. The number of nitrogens with zero attached hydrogens (tertiary/aromatic N) is 1. The van der Waals surface area contributed by atoms with Crippen LogP contribution in [0.4, 0.5) is 14.5 Å². The van der Waals surface area contributed by atoms with Crippen LogP contribution in [0.5, 0.6) is 5.75 Å². The van der Waals surface area contributed by atoms with E-state index in [9.17, 15) is 28.3 Å². The molecule has 1 aliphatic heterocycles. The first-order chi connectivity index (χ1) is 14.8. The van der Waals surface area contributed by atoms with Crippen molar-refractivity contribution in [1.82, 2.24) is 0 Å². The lowest BCUT2D eigenvalue weighted by atomic mass is 10.0. The molecule has 31 heavy (non-hydrogen) atoms. The Morgan fingerprint density at radius 3 is 2.58 bits per heavy atom. The lowest BCUT2D eigenvalue weighted by Gasteiger charge is -2.26. The Morgan fingerprint density at radius 2 is 1.90 bits per heavy atom. The molecule has 4 rings (SSSR count). The third-order valence-corrected chi connectivity index (χ3v) is 6.01. The molecule has 1 aromatic heterocycles. The predicted octanol–water partition coefficient (Wildman–Crippen LogP) is 4.69. The molecular formula is C21H12ClF2NO5S. The summed E-state index contributed by atoms with van der Waals surface area (Å²) >= 11 is 7.06. The summed E-state index contributed by atoms with van der Waals surface area (Å²) in [6, 6.07) is 7.49. The number of carbonyl (C=O) groups is 3. The highest BCUT2D eigenvalue weighted by Crippen LogP contribution is 2.36. The number of carboxylic acids is 1. The summed E-state index contributed by atoms with van der Waals surface area (Å²) in [5.74, 6) is -4.12. The van der Waals surface area contributed by atoms with E-state index in [1.54, 1.807) is 0 Å². The van der Waals surface area contributed by atoms with Gasteiger partial charge < -0.3 is 9.84 Å². The van der Waals surface area contributed by atoms with Gasteiger partial charge in [-0.2, -0.15) is 0 Å². The van der Waals surface area contributed by atoms with Gasteiger partial charge in [0, 0.05) is 6.07 Å². The highest BCUT2D eigenvalue weighted by atomic mass is 35.5. The summed E-state index contributed by atoms with van der Waals surface area (Å²) in [5.41, 5.74) is -0.0189. The molecule has 0 saturated heterocycles. The van der Waals surface area contributed by atoms with Crippen molar-refractivity contribution in [2.45, 2.75) is 13.0 Å². The van der Waals surface area contributed by atoms with E-state index in [4.69, 9.17) is 16.3 Å². The SMILES string of the molecule is O=C(O)c1scc2c1C(=O)N(c1cc(OCc3c(F)cccc3F)ccc1Cl)C(=O)C2. The van der Waals surface area contributed by atoms with Crippen LogP contribution >= 0.6 is 22.9 Å². The Bertz CT molecular complexity index is 1220. The maximum atomic E-state index is 13.8. The third kappa shape index (κ3) is 3.77. The lowest BCUT2D eigenvalue weighted by molar-refractivity contribution is -0.117. The second kappa shape index (κ2) is 8.09. The van der Waals surface area contributed by atoms with Gasteiger partial charge in [0.25, 0.3) is 5.91 Å². The van der Waals surface area contributed by atoms with Crippen molar-refractivity contribution in [1.29, 1.82) is 0 Å². The standard InChI is InChI=1S/C21H12ClF2NO5S/c22-13-5-4-11(30-8-12-14(23)2-1-3-15(12)24)7-16(13)25-17(26)6-10-9-31-19(21(28)29)18(10)20(25)27/h1-5,7,9H,6,8H2,(H,28,29). The first-order valence-corrected chi connectivity index (χ1v) is 10.1. The fraction of sp³-hybridized carbons (Fsp3) is 0.0952. The van der Waals surface area contributed by atoms with Crippen molar-refractivity contribution in [2.24, 2.45) is 0 Å². The molecular weight excluding hydrogens is 452 g/mol. The van der Waals surface area contributed by atoms with Crippen molar-refractivity contribution in [3.8, 4) is 5.75 Å². The third-order valence-electron chi connectivity index (χ3n) is 4.67. The minimum absolute atomic E-state index is 0.0173. The number of anilines is 1. The number of aromatic carboxylic acids is 1. The van der Waals surface area contributed by atoms with Crippen LogP contribution in [0.1, 0.15) is 31.2 Å². The number of halogens is 3. The molecule has 1 N–H and O–H groups in total. The van der Waals surface area contributed by atoms with E-state index in [1.165, 1.54) is 29.6 Å². The first kappa shape index (κ1) is 21.0. The number of amides is 2. The molecule has 2 amide bonds. The molecule has 1 aliphatic rings. The highest BCUT2D eigenvalue weighted by molar-refractivity contribution is 7.12. The van der Waals surface area contributed by atoms with Gasteiger partial charge in [-0.25, -0.2) is 18.5 Å². The van der Waals surface area contributed by atoms with E-state index in [0.29, 0.717) is 5.56 Å². The maximum Gasteiger partial charge on any atom is 0.346 e. The van der Waals surface area contributed by atoms with Crippen LogP contribution in [-0.4, -0.2) is 22.9 Å². The lowest BCUT2D eigenvalue weighted by Crippen LogP contribution is -2.42. The summed E-state index contributed by atoms with van der Waals surface area (Å²) in [6.45, 7) is -0.431. The zero-order valence-electron chi connectivity index (χ0n) is 15.5. The molecule has 10 heteroatoms. The van der Waals surface area contributed by atoms with Crippen molar-refractivity contribution in [3.63, 3.8) is 0 Å². The van der Waals surface area contributed by atoms with Crippen molar-refractivity contribution >= 4 is 46.4 Å². The van der Waals surface area contributed by atoms with Gasteiger partial charge in [-0.1, -0.05) is 17.7 Å². The number of imide groups is 1. The number of ether oxygens (including phenoxy) is 1. The van der Waals surface area contributed by atoms with Gasteiger partial charge in [0.1, 0.15) is 28.9 Å². The number of carboxylic acid groups (broad SMARTS) is 1.